The third-order valence-corrected chi connectivity index (χ3v) is 6.84. The molecule has 0 saturated carbocycles. The molecule has 11 heteroatoms. The zero-order valence-corrected chi connectivity index (χ0v) is 19.3. The lowest BCUT2D eigenvalue weighted by atomic mass is 10.2. The Morgan fingerprint density at radius 2 is 1.91 bits per heavy atom. The minimum atomic E-state index is -2.92. The number of para-hydroxylation sites is 1. The first kappa shape index (κ1) is 23.8. The Labute approximate surface area is 201 Å². The van der Waals surface area contributed by atoms with Crippen LogP contribution in [0.15, 0.2) is 53.4 Å². The van der Waals surface area contributed by atoms with Crippen LogP contribution >= 0.6 is 23.1 Å². The molecule has 7 nitrogen and oxygen atoms in total. The lowest BCUT2D eigenvalue weighted by Gasteiger charge is -2.12. The maximum atomic E-state index is 12.6. The molecule has 0 aliphatic carbocycles. The van der Waals surface area contributed by atoms with Crippen LogP contribution in [0.25, 0.3) is 16.3 Å². The highest BCUT2D eigenvalue weighted by Crippen LogP contribution is 2.32. The molecule has 4 rings (SSSR count). The fourth-order valence-corrected chi connectivity index (χ4v) is 5.06. The van der Waals surface area contributed by atoms with Gasteiger partial charge in [0.05, 0.1) is 20.1 Å². The zero-order valence-electron chi connectivity index (χ0n) is 17.7. The molecule has 34 heavy (non-hydrogen) atoms. The number of halogens is 2. The summed E-state index contributed by atoms with van der Waals surface area (Å²) in [6, 6.07) is 13.5. The Bertz CT molecular complexity index is 1210. The first-order valence-corrected chi connectivity index (χ1v) is 11.9. The van der Waals surface area contributed by atoms with E-state index in [2.05, 4.69) is 15.0 Å². The molecule has 3 amide bonds. The first-order chi connectivity index (χ1) is 16.4. The third-order valence-electron chi connectivity index (χ3n) is 4.84. The number of benzene rings is 2. The molecule has 0 spiro atoms. The SMILES string of the molecule is O=C(CCc1nc2ccccc2s1)NCCN1C(=O)S/C(=C\c2ccc(OC(F)F)cc2)C1=O. The van der Waals surface area contributed by atoms with Crippen molar-refractivity contribution in [2.75, 3.05) is 13.1 Å². The monoisotopic (exact) mass is 503 g/mol. The van der Waals surface area contributed by atoms with Gasteiger partial charge >= 0.3 is 6.61 Å². The summed E-state index contributed by atoms with van der Waals surface area (Å²) in [5, 5.41) is 3.17. The fraction of sp³-hybridized carbons (Fsp3) is 0.217. The van der Waals surface area contributed by atoms with E-state index in [1.54, 1.807) is 11.3 Å². The summed E-state index contributed by atoms with van der Waals surface area (Å²) < 4.78 is 29.9. The van der Waals surface area contributed by atoms with Crippen LogP contribution in [-0.4, -0.2) is 46.6 Å². The highest BCUT2D eigenvalue weighted by Gasteiger charge is 2.34. The lowest BCUT2D eigenvalue weighted by Crippen LogP contribution is -2.37. The number of alkyl halides is 2. The average molecular weight is 504 g/mol. The highest BCUT2D eigenvalue weighted by atomic mass is 32.2. The maximum Gasteiger partial charge on any atom is 0.387 e. The molecule has 0 bridgehead atoms. The van der Waals surface area contributed by atoms with Gasteiger partial charge in [0.25, 0.3) is 11.1 Å². The number of nitrogens with one attached hydrogen (secondary N) is 1. The van der Waals surface area contributed by atoms with Gasteiger partial charge in [0, 0.05) is 25.9 Å². The Morgan fingerprint density at radius 1 is 1.15 bits per heavy atom. The largest absolute Gasteiger partial charge is 0.435 e. The summed E-state index contributed by atoms with van der Waals surface area (Å²) in [6.07, 6.45) is 2.27. The lowest BCUT2D eigenvalue weighted by molar-refractivity contribution is -0.124. The Balaban J connectivity index is 1.25. The molecule has 0 atom stereocenters. The number of aromatic nitrogens is 1. The average Bonchev–Trinajstić information content (AvgIpc) is 3.34. The van der Waals surface area contributed by atoms with Crippen LogP contribution in [0.2, 0.25) is 0 Å². The summed E-state index contributed by atoms with van der Waals surface area (Å²) in [5.74, 6) is -0.654. The standard InChI is InChI=1S/C23H19F2N3O4S2/c24-22(25)32-15-7-5-14(6-8-15)13-18-21(30)28(23(31)34-18)12-11-26-19(29)9-10-20-27-16-3-1-2-4-17(16)33-20/h1-8,13,22H,9-12H2,(H,26,29)/b18-13-. The van der Waals surface area contributed by atoms with Crippen molar-refractivity contribution >= 4 is 56.4 Å². The number of nitrogens with zero attached hydrogens (tertiary/aromatic N) is 2. The molecule has 2 aromatic carbocycles. The smallest absolute Gasteiger partial charge is 0.387 e. The van der Waals surface area contributed by atoms with Crippen molar-refractivity contribution in [3.05, 3.63) is 64.0 Å². The van der Waals surface area contributed by atoms with Gasteiger partial charge in [-0.25, -0.2) is 4.98 Å². The molecule has 1 aliphatic heterocycles. The van der Waals surface area contributed by atoms with Crippen molar-refractivity contribution in [3.8, 4) is 5.75 Å². The second kappa shape index (κ2) is 10.7. The molecule has 1 saturated heterocycles. The number of aryl methyl sites for hydroxylation is 1. The topological polar surface area (TPSA) is 88.6 Å². The minimum Gasteiger partial charge on any atom is -0.435 e. The number of amides is 3. The van der Waals surface area contributed by atoms with Crippen molar-refractivity contribution in [1.82, 2.24) is 15.2 Å². The van der Waals surface area contributed by atoms with E-state index >= 15 is 0 Å². The van der Waals surface area contributed by atoms with E-state index in [1.807, 2.05) is 24.3 Å². The molecule has 1 fully saturated rings. The number of imide groups is 1. The molecule has 2 heterocycles. The molecule has 0 unspecified atom stereocenters. The predicted octanol–water partition coefficient (Wildman–Crippen LogP) is 4.68. The number of carbonyl (C=O) groups is 3. The predicted molar refractivity (Wildman–Crippen MR) is 127 cm³/mol. The second-order valence-electron chi connectivity index (χ2n) is 7.21. The van der Waals surface area contributed by atoms with Gasteiger partial charge < -0.3 is 10.1 Å². The number of thiazole rings is 1. The summed E-state index contributed by atoms with van der Waals surface area (Å²) >= 11 is 2.34. The van der Waals surface area contributed by atoms with E-state index in [4.69, 9.17) is 0 Å². The van der Waals surface area contributed by atoms with Crippen molar-refractivity contribution < 1.29 is 27.9 Å². The molecule has 3 aromatic rings. The van der Waals surface area contributed by atoms with Gasteiger partial charge in [-0.2, -0.15) is 8.78 Å². The van der Waals surface area contributed by atoms with Gasteiger partial charge in [-0.1, -0.05) is 24.3 Å². The molecule has 176 valence electrons. The number of hydrogen-bond acceptors (Lipinski definition) is 7. The van der Waals surface area contributed by atoms with Crippen LogP contribution in [-0.2, 0) is 16.0 Å². The van der Waals surface area contributed by atoms with Crippen LogP contribution in [0, 0.1) is 0 Å². The maximum absolute atomic E-state index is 12.6. The van der Waals surface area contributed by atoms with Crippen molar-refractivity contribution in [3.63, 3.8) is 0 Å². The van der Waals surface area contributed by atoms with Crippen molar-refractivity contribution in [2.24, 2.45) is 0 Å². The van der Waals surface area contributed by atoms with Gasteiger partial charge in [-0.3, -0.25) is 19.3 Å². The molecule has 1 aromatic heterocycles. The zero-order chi connectivity index (χ0) is 24.1. The van der Waals surface area contributed by atoms with E-state index in [9.17, 15) is 23.2 Å². The van der Waals surface area contributed by atoms with E-state index in [0.29, 0.717) is 12.0 Å². The molecular weight excluding hydrogens is 484 g/mol. The van der Waals surface area contributed by atoms with Crippen LogP contribution in [0.5, 0.6) is 5.75 Å². The normalized spacial score (nSPS) is 15.0. The fourth-order valence-electron chi connectivity index (χ4n) is 3.23. The number of carbonyl (C=O) groups excluding carboxylic acids is 3. The van der Waals surface area contributed by atoms with E-state index in [-0.39, 0.29) is 36.1 Å². The summed E-state index contributed by atoms with van der Waals surface area (Å²) in [7, 11) is 0. The summed E-state index contributed by atoms with van der Waals surface area (Å²) in [6.45, 7) is -2.73. The van der Waals surface area contributed by atoms with Crippen LogP contribution in [0.4, 0.5) is 13.6 Å². The van der Waals surface area contributed by atoms with Gasteiger partial charge in [-0.15, -0.1) is 11.3 Å². The Hall–Kier alpha value is -3.31. The van der Waals surface area contributed by atoms with Crippen LogP contribution in [0.3, 0.4) is 0 Å². The Morgan fingerprint density at radius 3 is 2.65 bits per heavy atom. The van der Waals surface area contributed by atoms with E-state index in [0.717, 1.165) is 31.9 Å². The summed E-state index contributed by atoms with van der Waals surface area (Å²) in [4.78, 5) is 42.8. The van der Waals surface area contributed by atoms with Gasteiger partial charge in [0.15, 0.2) is 0 Å². The number of hydrogen-bond donors (Lipinski definition) is 1. The molecule has 1 aliphatic rings. The minimum absolute atomic E-state index is 0.000805. The van der Waals surface area contributed by atoms with Gasteiger partial charge in [0.1, 0.15) is 5.75 Å². The Kier molecular flexibility index (Phi) is 7.53. The van der Waals surface area contributed by atoms with Gasteiger partial charge in [0.2, 0.25) is 5.91 Å². The van der Waals surface area contributed by atoms with E-state index < -0.39 is 17.8 Å². The summed E-state index contributed by atoms with van der Waals surface area (Å²) in [5.41, 5.74) is 1.48. The van der Waals surface area contributed by atoms with Crippen molar-refractivity contribution in [1.29, 1.82) is 0 Å². The first-order valence-electron chi connectivity index (χ1n) is 10.3. The van der Waals surface area contributed by atoms with Crippen LogP contribution in [0.1, 0.15) is 17.0 Å². The van der Waals surface area contributed by atoms with Crippen LogP contribution < -0.4 is 10.1 Å². The van der Waals surface area contributed by atoms with E-state index in [1.165, 1.54) is 30.3 Å². The molecule has 1 N–H and O–H groups in total. The van der Waals surface area contributed by atoms with Crippen molar-refractivity contribution in [2.45, 2.75) is 19.5 Å². The number of ether oxygens (including phenoxy) is 1. The quantitative estimate of drug-likeness (QED) is 0.427. The molecular formula is C23H19F2N3O4S2. The number of rotatable bonds is 9. The highest BCUT2D eigenvalue weighted by molar-refractivity contribution is 8.18. The van der Waals surface area contributed by atoms with Gasteiger partial charge in [-0.05, 0) is 47.7 Å². The number of fused-ring (bicyclic) bond motifs is 1. The number of thioether (sulfide) groups is 1. The molecule has 0 radical (unpaired) electrons. The third kappa shape index (κ3) is 5.97. The second-order valence-corrected chi connectivity index (χ2v) is 9.31.